The van der Waals surface area contributed by atoms with E-state index in [1.165, 1.54) is 5.56 Å². The Labute approximate surface area is 118 Å². The van der Waals surface area contributed by atoms with Crippen LogP contribution in [-0.2, 0) is 13.1 Å². The minimum Gasteiger partial charge on any atom is -0.334 e. The third kappa shape index (κ3) is 4.35. The number of rotatable bonds is 4. The van der Waals surface area contributed by atoms with Gasteiger partial charge in [-0.15, -0.1) is 0 Å². The monoisotopic (exact) mass is 270 g/mol. The van der Waals surface area contributed by atoms with E-state index in [2.05, 4.69) is 20.6 Å². The van der Waals surface area contributed by atoms with Crippen molar-refractivity contribution in [2.75, 3.05) is 0 Å². The smallest absolute Gasteiger partial charge is 0.315 e. The Kier molecular flexibility index (Phi) is 4.65. The number of hydrogen-bond acceptors (Lipinski definition) is 3. The topological polar surface area (TPSA) is 66.9 Å². The van der Waals surface area contributed by atoms with Crippen LogP contribution >= 0.6 is 0 Å². The molecule has 104 valence electrons. The lowest BCUT2D eigenvalue weighted by Gasteiger charge is -2.07. The van der Waals surface area contributed by atoms with Gasteiger partial charge in [0.25, 0.3) is 0 Å². The minimum absolute atomic E-state index is 0.215. The van der Waals surface area contributed by atoms with Crippen molar-refractivity contribution < 1.29 is 4.79 Å². The van der Waals surface area contributed by atoms with Gasteiger partial charge in [-0.3, -0.25) is 9.97 Å². The third-order valence-corrected chi connectivity index (χ3v) is 2.84. The number of benzene rings is 1. The first-order valence-electron chi connectivity index (χ1n) is 6.48. The zero-order chi connectivity index (χ0) is 14.4. The molecule has 0 spiro atoms. The van der Waals surface area contributed by atoms with E-state index in [-0.39, 0.29) is 6.03 Å². The summed E-state index contributed by atoms with van der Waals surface area (Å²) in [6.07, 6.45) is 3.34. The lowest BCUT2D eigenvalue weighted by Crippen LogP contribution is -2.34. The van der Waals surface area contributed by atoms with E-state index in [1.54, 1.807) is 12.4 Å². The van der Waals surface area contributed by atoms with Gasteiger partial charge in [-0.2, -0.15) is 0 Å². The Morgan fingerprint density at radius 3 is 2.35 bits per heavy atom. The summed E-state index contributed by atoms with van der Waals surface area (Å²) in [6.45, 7) is 4.78. The van der Waals surface area contributed by atoms with Gasteiger partial charge in [0.15, 0.2) is 0 Å². The van der Waals surface area contributed by atoms with Gasteiger partial charge in [-0.1, -0.05) is 29.8 Å². The summed E-state index contributed by atoms with van der Waals surface area (Å²) in [5, 5.41) is 5.55. The number of carbonyl (C=O) groups is 1. The van der Waals surface area contributed by atoms with E-state index in [9.17, 15) is 4.79 Å². The van der Waals surface area contributed by atoms with Crippen LogP contribution in [-0.4, -0.2) is 16.0 Å². The van der Waals surface area contributed by atoms with Crippen molar-refractivity contribution in [2.24, 2.45) is 0 Å². The van der Waals surface area contributed by atoms with Crippen LogP contribution in [0.5, 0.6) is 0 Å². The van der Waals surface area contributed by atoms with Crippen molar-refractivity contribution in [3.05, 3.63) is 59.2 Å². The summed E-state index contributed by atoms with van der Waals surface area (Å²) in [5.74, 6) is 0. The van der Waals surface area contributed by atoms with Gasteiger partial charge in [0.2, 0.25) is 0 Å². The van der Waals surface area contributed by atoms with Crippen LogP contribution in [0.15, 0.2) is 36.7 Å². The quantitative estimate of drug-likeness (QED) is 0.894. The van der Waals surface area contributed by atoms with E-state index >= 15 is 0 Å². The molecule has 1 aromatic heterocycles. The van der Waals surface area contributed by atoms with Crippen molar-refractivity contribution in [3.63, 3.8) is 0 Å². The lowest BCUT2D eigenvalue weighted by atomic mass is 10.1. The molecule has 5 nitrogen and oxygen atoms in total. The Hall–Kier alpha value is -2.43. The molecule has 1 heterocycles. The molecule has 5 heteroatoms. The normalized spacial score (nSPS) is 10.1. The molecule has 0 saturated carbocycles. The van der Waals surface area contributed by atoms with Crippen molar-refractivity contribution in [2.45, 2.75) is 26.9 Å². The van der Waals surface area contributed by atoms with Crippen molar-refractivity contribution >= 4 is 6.03 Å². The maximum atomic E-state index is 11.7. The largest absolute Gasteiger partial charge is 0.334 e. The van der Waals surface area contributed by atoms with Gasteiger partial charge in [0.1, 0.15) is 0 Å². The van der Waals surface area contributed by atoms with Crippen LogP contribution in [0.25, 0.3) is 0 Å². The molecule has 1 aromatic carbocycles. The van der Waals surface area contributed by atoms with Crippen LogP contribution in [0.3, 0.4) is 0 Å². The molecule has 0 aliphatic heterocycles. The van der Waals surface area contributed by atoms with Gasteiger partial charge < -0.3 is 10.6 Å². The summed E-state index contributed by atoms with van der Waals surface area (Å²) >= 11 is 0. The molecule has 2 rings (SSSR count). The zero-order valence-corrected chi connectivity index (χ0v) is 11.7. The van der Waals surface area contributed by atoms with E-state index in [0.717, 1.165) is 17.0 Å². The minimum atomic E-state index is -0.215. The highest BCUT2D eigenvalue weighted by atomic mass is 16.2. The fourth-order valence-corrected chi connectivity index (χ4v) is 1.63. The lowest BCUT2D eigenvalue weighted by molar-refractivity contribution is 0.240. The SMILES string of the molecule is Cc1ccc(CNC(=O)NCc2cnc(C)cn2)cc1. The number of nitrogens with zero attached hydrogens (tertiary/aromatic N) is 2. The number of hydrogen-bond donors (Lipinski definition) is 2. The molecule has 0 fully saturated rings. The van der Waals surface area contributed by atoms with Crippen LogP contribution in [0.1, 0.15) is 22.5 Å². The first kappa shape index (κ1) is 14.0. The standard InChI is InChI=1S/C15H18N4O/c1-11-3-5-13(6-4-11)8-18-15(20)19-10-14-9-16-12(2)7-17-14/h3-7,9H,8,10H2,1-2H3,(H2,18,19,20). The fraction of sp³-hybridized carbons (Fsp3) is 0.267. The van der Waals surface area contributed by atoms with Gasteiger partial charge in [0, 0.05) is 12.7 Å². The first-order valence-corrected chi connectivity index (χ1v) is 6.48. The molecule has 0 radical (unpaired) electrons. The second kappa shape index (κ2) is 6.65. The molecule has 0 aliphatic rings. The van der Waals surface area contributed by atoms with Crippen molar-refractivity contribution in [3.8, 4) is 0 Å². The molecule has 2 aromatic rings. The Morgan fingerprint density at radius 2 is 1.70 bits per heavy atom. The average molecular weight is 270 g/mol. The molecule has 2 N–H and O–H groups in total. The van der Waals surface area contributed by atoms with E-state index < -0.39 is 0 Å². The summed E-state index contributed by atoms with van der Waals surface area (Å²) in [7, 11) is 0. The average Bonchev–Trinajstić information content (AvgIpc) is 2.46. The molecular weight excluding hydrogens is 252 g/mol. The number of carbonyl (C=O) groups excluding carboxylic acids is 1. The van der Waals surface area contributed by atoms with Crippen LogP contribution in [0.2, 0.25) is 0 Å². The molecule has 20 heavy (non-hydrogen) atoms. The Balaban J connectivity index is 1.75. The number of aromatic nitrogens is 2. The third-order valence-electron chi connectivity index (χ3n) is 2.84. The van der Waals surface area contributed by atoms with Gasteiger partial charge in [-0.05, 0) is 19.4 Å². The first-order chi connectivity index (χ1) is 9.63. The molecular formula is C15H18N4O. The number of aryl methyl sites for hydroxylation is 2. The summed E-state index contributed by atoms with van der Waals surface area (Å²) < 4.78 is 0. The van der Waals surface area contributed by atoms with E-state index in [4.69, 9.17) is 0 Å². The second-order valence-electron chi connectivity index (χ2n) is 4.67. The Bertz CT molecular complexity index is 512. The maximum absolute atomic E-state index is 11.7. The van der Waals surface area contributed by atoms with Crippen LogP contribution in [0.4, 0.5) is 4.79 Å². The highest BCUT2D eigenvalue weighted by molar-refractivity contribution is 5.73. The molecule has 0 aliphatic carbocycles. The predicted molar refractivity (Wildman–Crippen MR) is 77.0 cm³/mol. The number of nitrogens with one attached hydrogen (secondary N) is 2. The van der Waals surface area contributed by atoms with Crippen LogP contribution < -0.4 is 10.6 Å². The van der Waals surface area contributed by atoms with Crippen LogP contribution in [0, 0.1) is 13.8 Å². The van der Waals surface area contributed by atoms with Crippen molar-refractivity contribution in [1.82, 2.24) is 20.6 Å². The molecule has 0 unspecified atom stereocenters. The Morgan fingerprint density at radius 1 is 1.00 bits per heavy atom. The van der Waals surface area contributed by atoms with Gasteiger partial charge in [-0.25, -0.2) is 4.79 Å². The molecule has 2 amide bonds. The summed E-state index contributed by atoms with van der Waals surface area (Å²) in [5.41, 5.74) is 3.87. The molecule has 0 bridgehead atoms. The molecule has 0 atom stereocenters. The van der Waals surface area contributed by atoms with E-state index in [0.29, 0.717) is 13.1 Å². The zero-order valence-electron chi connectivity index (χ0n) is 11.7. The summed E-state index contributed by atoms with van der Waals surface area (Å²) in [4.78, 5) is 20.0. The van der Waals surface area contributed by atoms with Crippen molar-refractivity contribution in [1.29, 1.82) is 0 Å². The van der Waals surface area contributed by atoms with Gasteiger partial charge >= 0.3 is 6.03 Å². The van der Waals surface area contributed by atoms with E-state index in [1.807, 2.05) is 38.1 Å². The number of amides is 2. The number of urea groups is 1. The summed E-state index contributed by atoms with van der Waals surface area (Å²) in [6, 6.07) is 7.84. The highest BCUT2D eigenvalue weighted by Crippen LogP contribution is 2.02. The molecule has 0 saturated heterocycles. The fourth-order valence-electron chi connectivity index (χ4n) is 1.63. The maximum Gasteiger partial charge on any atom is 0.315 e. The predicted octanol–water partition coefficient (Wildman–Crippen LogP) is 2.09. The highest BCUT2D eigenvalue weighted by Gasteiger charge is 2.01. The van der Waals surface area contributed by atoms with Gasteiger partial charge in [0.05, 0.1) is 24.1 Å². The second-order valence-corrected chi connectivity index (χ2v) is 4.67.